The van der Waals surface area contributed by atoms with Crippen molar-refractivity contribution in [2.75, 3.05) is 5.32 Å². The minimum atomic E-state index is -0.228. The van der Waals surface area contributed by atoms with Crippen molar-refractivity contribution < 1.29 is 4.79 Å². The predicted octanol–water partition coefficient (Wildman–Crippen LogP) is 6.63. The van der Waals surface area contributed by atoms with Gasteiger partial charge in [-0.05, 0) is 66.3 Å². The lowest BCUT2D eigenvalue weighted by Crippen LogP contribution is -2.29. The third-order valence-electron chi connectivity index (χ3n) is 8.23. The zero-order valence-electron chi connectivity index (χ0n) is 21.4. The second-order valence-electron chi connectivity index (χ2n) is 10.8. The van der Waals surface area contributed by atoms with Gasteiger partial charge in [0.05, 0.1) is 11.3 Å². The number of nitrogens with one attached hydrogen (secondary N) is 2. The molecule has 0 spiro atoms. The third-order valence-corrected chi connectivity index (χ3v) is 8.23. The van der Waals surface area contributed by atoms with E-state index in [1.54, 1.807) is 6.20 Å². The Morgan fingerprint density at radius 1 is 0.919 bits per heavy atom. The topological polar surface area (TPSA) is 66.9 Å². The number of anilines is 1. The van der Waals surface area contributed by atoms with E-state index in [0.717, 1.165) is 48.2 Å². The molecule has 0 saturated heterocycles. The van der Waals surface area contributed by atoms with Gasteiger partial charge >= 0.3 is 0 Å². The van der Waals surface area contributed by atoms with Crippen LogP contribution in [0, 0.1) is 5.92 Å². The van der Waals surface area contributed by atoms with Crippen LogP contribution in [-0.4, -0.2) is 21.9 Å². The minimum Gasteiger partial charge on any atom is -0.351 e. The highest BCUT2D eigenvalue weighted by Gasteiger charge is 2.49. The quantitative estimate of drug-likeness (QED) is 0.305. The number of amides is 1. The Bertz CT molecular complexity index is 1400. The molecule has 2 fully saturated rings. The molecule has 4 aromatic rings. The summed E-state index contributed by atoms with van der Waals surface area (Å²) in [6.45, 7) is 2.78. The van der Waals surface area contributed by atoms with Gasteiger partial charge in [0, 0.05) is 24.2 Å². The van der Waals surface area contributed by atoms with Gasteiger partial charge in [0.25, 0.3) is 5.91 Å². The fourth-order valence-corrected chi connectivity index (χ4v) is 5.83. The molecule has 3 aromatic carbocycles. The fourth-order valence-electron chi connectivity index (χ4n) is 5.83. The summed E-state index contributed by atoms with van der Waals surface area (Å²) in [4.78, 5) is 23.3. The standard InChI is InChI=1S/C32H34N4O/c1-22-14-16-26(17-15-22)35-31-34-21-28(29(36-31)32(18-19-32)25-11-3-2-4-12-25)30(37)33-20-24-10-7-9-23-8-5-6-13-27(23)24/h2-13,21-22,26H,14-20H2,1H3,(H,33,37)(H,34,35,36). The van der Waals surface area contributed by atoms with Gasteiger partial charge in [-0.15, -0.1) is 0 Å². The van der Waals surface area contributed by atoms with Crippen LogP contribution in [0.15, 0.2) is 79.0 Å². The van der Waals surface area contributed by atoms with E-state index in [4.69, 9.17) is 4.98 Å². The lowest BCUT2D eigenvalue weighted by Gasteiger charge is -2.27. The monoisotopic (exact) mass is 490 g/mol. The first-order valence-corrected chi connectivity index (χ1v) is 13.6. The smallest absolute Gasteiger partial charge is 0.255 e. The average molecular weight is 491 g/mol. The molecule has 37 heavy (non-hydrogen) atoms. The maximum Gasteiger partial charge on any atom is 0.255 e. The van der Waals surface area contributed by atoms with E-state index in [0.29, 0.717) is 24.1 Å². The van der Waals surface area contributed by atoms with Crippen molar-refractivity contribution in [3.05, 3.63) is 101 Å². The fraction of sp³-hybridized carbons (Fsp3) is 0.344. The zero-order chi connectivity index (χ0) is 25.2. The SMILES string of the molecule is CC1CCC(Nc2ncc(C(=O)NCc3cccc4ccccc34)c(C3(c4ccccc4)CC3)n2)CC1. The van der Waals surface area contributed by atoms with Crippen molar-refractivity contribution in [3.8, 4) is 0 Å². The van der Waals surface area contributed by atoms with Crippen molar-refractivity contribution in [2.24, 2.45) is 5.92 Å². The van der Waals surface area contributed by atoms with Crippen LogP contribution in [0.5, 0.6) is 0 Å². The molecule has 1 heterocycles. The second-order valence-corrected chi connectivity index (χ2v) is 10.8. The average Bonchev–Trinajstić information content (AvgIpc) is 3.76. The zero-order valence-corrected chi connectivity index (χ0v) is 21.4. The van der Waals surface area contributed by atoms with Crippen LogP contribution >= 0.6 is 0 Å². The molecule has 0 radical (unpaired) electrons. The maximum absolute atomic E-state index is 13.6. The Morgan fingerprint density at radius 2 is 1.65 bits per heavy atom. The maximum atomic E-state index is 13.6. The number of hydrogen-bond donors (Lipinski definition) is 2. The number of benzene rings is 3. The molecule has 2 N–H and O–H groups in total. The first kappa shape index (κ1) is 23.7. The summed E-state index contributed by atoms with van der Waals surface area (Å²) >= 11 is 0. The van der Waals surface area contributed by atoms with E-state index in [2.05, 4.69) is 71.1 Å². The summed E-state index contributed by atoms with van der Waals surface area (Å²) in [5.74, 6) is 1.31. The molecule has 188 valence electrons. The lowest BCUT2D eigenvalue weighted by atomic mass is 9.87. The Hall–Kier alpha value is -3.73. The summed E-state index contributed by atoms with van der Waals surface area (Å²) in [6, 6.07) is 25.4. The number of aromatic nitrogens is 2. The molecular weight excluding hydrogens is 456 g/mol. The molecule has 0 unspecified atom stereocenters. The first-order chi connectivity index (χ1) is 18.1. The molecule has 5 nitrogen and oxygen atoms in total. The number of carbonyl (C=O) groups is 1. The molecule has 1 aromatic heterocycles. The number of carbonyl (C=O) groups excluding carboxylic acids is 1. The summed E-state index contributed by atoms with van der Waals surface area (Å²) in [5.41, 5.74) is 3.51. The van der Waals surface area contributed by atoms with Gasteiger partial charge in [-0.3, -0.25) is 4.79 Å². The molecule has 5 heteroatoms. The largest absolute Gasteiger partial charge is 0.351 e. The van der Waals surface area contributed by atoms with Crippen molar-refractivity contribution in [3.63, 3.8) is 0 Å². The van der Waals surface area contributed by atoms with Crippen LogP contribution in [0.2, 0.25) is 0 Å². The molecule has 0 bridgehead atoms. The highest BCUT2D eigenvalue weighted by molar-refractivity contribution is 5.96. The van der Waals surface area contributed by atoms with Crippen LogP contribution in [0.25, 0.3) is 10.8 Å². The number of rotatable bonds is 7. The van der Waals surface area contributed by atoms with Gasteiger partial charge in [-0.2, -0.15) is 0 Å². The molecular formula is C32H34N4O. The Morgan fingerprint density at radius 3 is 2.43 bits per heavy atom. The minimum absolute atomic E-state index is 0.122. The van der Waals surface area contributed by atoms with E-state index >= 15 is 0 Å². The molecule has 2 saturated carbocycles. The van der Waals surface area contributed by atoms with Crippen LogP contribution in [0.3, 0.4) is 0 Å². The number of nitrogens with zero attached hydrogens (tertiary/aromatic N) is 2. The van der Waals surface area contributed by atoms with E-state index in [-0.39, 0.29) is 11.3 Å². The van der Waals surface area contributed by atoms with Gasteiger partial charge in [0.1, 0.15) is 0 Å². The third kappa shape index (κ3) is 4.83. The Balaban J connectivity index is 1.29. The van der Waals surface area contributed by atoms with Gasteiger partial charge in [-0.25, -0.2) is 9.97 Å². The molecule has 2 aliphatic rings. The summed E-state index contributed by atoms with van der Waals surface area (Å²) in [6.07, 6.45) is 8.43. The molecule has 2 aliphatic carbocycles. The van der Waals surface area contributed by atoms with Crippen LogP contribution in [0.1, 0.15) is 72.6 Å². The Labute approximate surface area is 218 Å². The van der Waals surface area contributed by atoms with Crippen molar-refractivity contribution in [2.45, 2.75) is 63.5 Å². The highest BCUT2D eigenvalue weighted by Crippen LogP contribution is 2.53. The van der Waals surface area contributed by atoms with Crippen molar-refractivity contribution in [1.29, 1.82) is 0 Å². The highest BCUT2D eigenvalue weighted by atomic mass is 16.1. The number of hydrogen-bond acceptors (Lipinski definition) is 4. The first-order valence-electron chi connectivity index (χ1n) is 13.6. The van der Waals surface area contributed by atoms with Crippen molar-refractivity contribution >= 4 is 22.6 Å². The van der Waals surface area contributed by atoms with Gasteiger partial charge in [0.2, 0.25) is 5.95 Å². The normalized spacial score (nSPS) is 20.4. The summed E-state index contributed by atoms with van der Waals surface area (Å²) < 4.78 is 0. The molecule has 0 aliphatic heterocycles. The molecule has 1 amide bonds. The van der Waals surface area contributed by atoms with Crippen molar-refractivity contribution in [1.82, 2.24) is 15.3 Å². The predicted molar refractivity (Wildman–Crippen MR) is 149 cm³/mol. The summed E-state index contributed by atoms with van der Waals surface area (Å²) in [7, 11) is 0. The molecule has 0 atom stereocenters. The summed E-state index contributed by atoms with van der Waals surface area (Å²) in [5, 5.41) is 9.08. The van der Waals surface area contributed by atoms with E-state index in [1.807, 2.05) is 24.3 Å². The van der Waals surface area contributed by atoms with E-state index in [1.165, 1.54) is 23.8 Å². The van der Waals surface area contributed by atoms with E-state index < -0.39 is 0 Å². The second kappa shape index (κ2) is 9.97. The van der Waals surface area contributed by atoms with Gasteiger partial charge in [0.15, 0.2) is 0 Å². The van der Waals surface area contributed by atoms with Crippen LogP contribution in [-0.2, 0) is 12.0 Å². The molecule has 6 rings (SSSR count). The Kier molecular flexibility index (Phi) is 6.37. The number of fused-ring (bicyclic) bond motifs is 1. The van der Waals surface area contributed by atoms with Crippen LogP contribution < -0.4 is 10.6 Å². The van der Waals surface area contributed by atoms with Gasteiger partial charge < -0.3 is 10.6 Å². The lowest BCUT2D eigenvalue weighted by molar-refractivity contribution is 0.0948. The van der Waals surface area contributed by atoms with Crippen LogP contribution in [0.4, 0.5) is 5.95 Å². The van der Waals surface area contributed by atoms with E-state index in [9.17, 15) is 4.79 Å². The van der Waals surface area contributed by atoms with Gasteiger partial charge in [-0.1, -0.05) is 79.7 Å².